The zero-order chi connectivity index (χ0) is 15.4. The summed E-state index contributed by atoms with van der Waals surface area (Å²) in [7, 11) is 6.46. The molecule has 118 valence electrons. The van der Waals surface area contributed by atoms with Crippen molar-refractivity contribution in [3.8, 4) is 0 Å². The molecule has 1 aromatic rings. The van der Waals surface area contributed by atoms with Gasteiger partial charge in [-0.15, -0.1) is 0 Å². The largest absolute Gasteiger partial charge is 0.315 e. The topological polar surface area (TPSA) is 18.5 Å². The molecule has 0 saturated carbocycles. The van der Waals surface area contributed by atoms with Crippen LogP contribution in [0.1, 0.15) is 12.0 Å². The predicted molar refractivity (Wildman–Crippen MR) is 91.5 cm³/mol. The van der Waals surface area contributed by atoms with Crippen LogP contribution in [0.5, 0.6) is 0 Å². The molecule has 5 heteroatoms. The Morgan fingerprint density at radius 2 is 2.05 bits per heavy atom. The summed E-state index contributed by atoms with van der Waals surface area (Å²) in [6, 6.07) is 6.63. The van der Waals surface area contributed by atoms with Gasteiger partial charge in [0.15, 0.2) is 0 Å². The van der Waals surface area contributed by atoms with Crippen LogP contribution in [0.4, 0.5) is 0 Å². The van der Waals surface area contributed by atoms with Gasteiger partial charge >= 0.3 is 0 Å². The van der Waals surface area contributed by atoms with Crippen LogP contribution in [0.3, 0.4) is 0 Å². The van der Waals surface area contributed by atoms with Gasteiger partial charge in [-0.3, -0.25) is 0 Å². The maximum absolute atomic E-state index is 6.33. The van der Waals surface area contributed by atoms with Gasteiger partial charge in [0.1, 0.15) is 0 Å². The van der Waals surface area contributed by atoms with Crippen LogP contribution in [-0.4, -0.2) is 62.7 Å². The third-order valence-electron chi connectivity index (χ3n) is 4.41. The molecule has 2 rings (SSSR count). The van der Waals surface area contributed by atoms with Crippen molar-refractivity contribution in [3.05, 3.63) is 33.8 Å². The van der Waals surface area contributed by atoms with Crippen LogP contribution in [0, 0.1) is 0 Å². The first-order chi connectivity index (χ1) is 10.0. The van der Waals surface area contributed by atoms with Gasteiger partial charge < -0.3 is 15.1 Å². The summed E-state index contributed by atoms with van der Waals surface area (Å²) < 4.78 is 0. The van der Waals surface area contributed by atoms with E-state index in [1.54, 1.807) is 0 Å². The number of benzene rings is 1. The molecule has 2 unspecified atom stereocenters. The molecule has 0 aliphatic carbocycles. The molecule has 0 amide bonds. The lowest BCUT2D eigenvalue weighted by molar-refractivity contribution is 0.181. The van der Waals surface area contributed by atoms with E-state index >= 15 is 0 Å². The van der Waals surface area contributed by atoms with Gasteiger partial charge in [0.2, 0.25) is 0 Å². The molecule has 1 aliphatic heterocycles. The van der Waals surface area contributed by atoms with Gasteiger partial charge in [-0.2, -0.15) is 0 Å². The molecule has 1 aromatic carbocycles. The molecule has 1 aliphatic rings. The van der Waals surface area contributed by atoms with Gasteiger partial charge in [0.25, 0.3) is 0 Å². The Morgan fingerprint density at radius 3 is 2.71 bits per heavy atom. The van der Waals surface area contributed by atoms with Crippen LogP contribution >= 0.6 is 23.2 Å². The Kier molecular flexibility index (Phi) is 6.33. The minimum Gasteiger partial charge on any atom is -0.315 e. The van der Waals surface area contributed by atoms with Crippen molar-refractivity contribution in [2.75, 3.05) is 40.8 Å². The van der Waals surface area contributed by atoms with Crippen LogP contribution in [-0.2, 0) is 6.42 Å². The molecule has 0 bridgehead atoms. The predicted octanol–water partition coefficient (Wildman–Crippen LogP) is 2.76. The molecular weight excluding hydrogens is 305 g/mol. The lowest BCUT2D eigenvalue weighted by Gasteiger charge is -2.34. The standard InChI is InChI=1S/C16H25Cl2N3/c1-19-15(9-12-5-6-13(17)10-14(12)18)16-11-20(2)7-4-8-21(16)3/h5-6,10,15-16,19H,4,7-9,11H2,1-3H3. The molecule has 0 radical (unpaired) electrons. The van der Waals surface area contributed by atoms with E-state index in [2.05, 4.69) is 29.2 Å². The molecule has 21 heavy (non-hydrogen) atoms. The van der Waals surface area contributed by atoms with E-state index in [4.69, 9.17) is 23.2 Å². The van der Waals surface area contributed by atoms with Gasteiger partial charge in [-0.05, 0) is 64.8 Å². The van der Waals surface area contributed by atoms with Crippen LogP contribution in [0.2, 0.25) is 10.0 Å². The minimum atomic E-state index is 0.370. The van der Waals surface area contributed by atoms with Crippen LogP contribution < -0.4 is 5.32 Å². The van der Waals surface area contributed by atoms with E-state index in [9.17, 15) is 0 Å². The summed E-state index contributed by atoms with van der Waals surface area (Å²) in [5, 5.41) is 4.93. The van der Waals surface area contributed by atoms with Gasteiger partial charge in [0.05, 0.1) is 0 Å². The van der Waals surface area contributed by atoms with Crippen molar-refractivity contribution in [2.45, 2.75) is 24.9 Å². The van der Waals surface area contributed by atoms with Crippen LogP contribution in [0.25, 0.3) is 0 Å². The van der Waals surface area contributed by atoms with Crippen molar-refractivity contribution in [1.82, 2.24) is 15.1 Å². The highest BCUT2D eigenvalue weighted by molar-refractivity contribution is 6.35. The minimum absolute atomic E-state index is 0.370. The van der Waals surface area contributed by atoms with Crippen molar-refractivity contribution in [2.24, 2.45) is 0 Å². The number of halogens is 2. The van der Waals surface area contributed by atoms with Crippen molar-refractivity contribution in [1.29, 1.82) is 0 Å². The van der Waals surface area contributed by atoms with Gasteiger partial charge in [0, 0.05) is 28.7 Å². The maximum atomic E-state index is 6.33. The Morgan fingerprint density at radius 1 is 1.29 bits per heavy atom. The Bertz CT molecular complexity index is 467. The molecule has 3 nitrogen and oxygen atoms in total. The van der Waals surface area contributed by atoms with E-state index < -0.39 is 0 Å². The van der Waals surface area contributed by atoms with Crippen molar-refractivity contribution in [3.63, 3.8) is 0 Å². The lowest BCUT2D eigenvalue weighted by atomic mass is 9.98. The first-order valence-electron chi connectivity index (χ1n) is 7.51. The Hall–Kier alpha value is -0.320. The number of nitrogens with zero attached hydrogens (tertiary/aromatic N) is 2. The SMILES string of the molecule is CNC(Cc1ccc(Cl)cc1Cl)C1CN(C)CCCN1C. The number of rotatable bonds is 4. The molecule has 1 heterocycles. The monoisotopic (exact) mass is 329 g/mol. The average Bonchev–Trinajstić information content (AvgIpc) is 2.60. The molecule has 1 N–H and O–H groups in total. The summed E-state index contributed by atoms with van der Waals surface area (Å²) in [5.41, 5.74) is 1.15. The molecular formula is C16H25Cl2N3. The average molecular weight is 330 g/mol. The lowest BCUT2D eigenvalue weighted by Crippen LogP contribution is -2.52. The Labute approximate surface area is 138 Å². The fourth-order valence-electron chi connectivity index (χ4n) is 3.09. The second-order valence-corrected chi connectivity index (χ2v) is 6.84. The molecule has 0 spiro atoms. The quantitative estimate of drug-likeness (QED) is 0.916. The van der Waals surface area contributed by atoms with Crippen LogP contribution in [0.15, 0.2) is 18.2 Å². The second kappa shape index (κ2) is 7.80. The highest BCUT2D eigenvalue weighted by Crippen LogP contribution is 2.23. The summed E-state index contributed by atoms with van der Waals surface area (Å²) in [6.07, 6.45) is 2.14. The fourth-order valence-corrected chi connectivity index (χ4v) is 3.58. The van der Waals surface area contributed by atoms with Gasteiger partial charge in [-0.25, -0.2) is 0 Å². The van der Waals surface area contributed by atoms with E-state index in [0.29, 0.717) is 17.1 Å². The summed E-state index contributed by atoms with van der Waals surface area (Å²) in [4.78, 5) is 4.89. The zero-order valence-electron chi connectivity index (χ0n) is 13.1. The van der Waals surface area contributed by atoms with Gasteiger partial charge in [-0.1, -0.05) is 29.3 Å². The number of hydrogen-bond acceptors (Lipinski definition) is 3. The maximum Gasteiger partial charge on any atom is 0.0453 e. The first kappa shape index (κ1) is 17.0. The smallest absolute Gasteiger partial charge is 0.0453 e. The van der Waals surface area contributed by atoms with E-state index in [1.807, 2.05) is 25.2 Å². The number of hydrogen-bond donors (Lipinski definition) is 1. The fraction of sp³-hybridized carbons (Fsp3) is 0.625. The highest BCUT2D eigenvalue weighted by atomic mass is 35.5. The van der Waals surface area contributed by atoms with E-state index in [-0.39, 0.29) is 0 Å². The zero-order valence-corrected chi connectivity index (χ0v) is 14.6. The normalized spacial score (nSPS) is 23.0. The summed E-state index contributed by atoms with van der Waals surface area (Å²) in [6.45, 7) is 3.38. The molecule has 2 atom stereocenters. The van der Waals surface area contributed by atoms with Crippen molar-refractivity contribution < 1.29 is 0 Å². The Balaban J connectivity index is 2.14. The number of likely N-dealkylation sites (N-methyl/N-ethyl adjacent to an activating group) is 3. The highest BCUT2D eigenvalue weighted by Gasteiger charge is 2.28. The third-order valence-corrected chi connectivity index (χ3v) is 4.99. The summed E-state index contributed by atoms with van der Waals surface area (Å²) >= 11 is 12.3. The first-order valence-corrected chi connectivity index (χ1v) is 8.27. The number of nitrogens with one attached hydrogen (secondary N) is 1. The second-order valence-electron chi connectivity index (χ2n) is 6.00. The molecule has 1 fully saturated rings. The van der Waals surface area contributed by atoms with E-state index in [1.165, 1.54) is 13.0 Å². The van der Waals surface area contributed by atoms with Crippen molar-refractivity contribution >= 4 is 23.2 Å². The summed E-state index contributed by atoms with van der Waals surface area (Å²) in [5.74, 6) is 0. The molecule has 0 aromatic heterocycles. The van der Waals surface area contributed by atoms with E-state index in [0.717, 1.165) is 30.1 Å². The molecule has 1 saturated heterocycles. The third kappa shape index (κ3) is 4.57.